The topological polar surface area (TPSA) is 196 Å². The number of hydrogen-bond donors (Lipinski definition) is 7. The monoisotopic (exact) mass is 544 g/mol. The molecular weight excluding hydrogens is 504 g/mol. The molecule has 0 saturated carbocycles. The van der Waals surface area contributed by atoms with Crippen LogP contribution in [0.25, 0.3) is 10.9 Å². The summed E-state index contributed by atoms with van der Waals surface area (Å²) in [4.78, 5) is 65.1. The number of carbonyl (C=O) groups excluding carboxylic acids is 4. The number of amides is 4. The van der Waals surface area contributed by atoms with Gasteiger partial charge in [-0.3, -0.25) is 24.0 Å². The minimum Gasteiger partial charge on any atom is -0.480 e. The summed E-state index contributed by atoms with van der Waals surface area (Å²) in [5.41, 5.74) is 7.46. The number of nitrogens with one attached hydrogen (secondary N) is 5. The Balaban J connectivity index is 2.13. The van der Waals surface area contributed by atoms with E-state index in [2.05, 4.69) is 26.3 Å². The highest BCUT2D eigenvalue weighted by molar-refractivity contribution is 5.94. The van der Waals surface area contributed by atoms with Gasteiger partial charge in [0.05, 0.1) is 12.6 Å². The van der Waals surface area contributed by atoms with Crippen LogP contribution in [0.4, 0.5) is 0 Å². The molecule has 0 radical (unpaired) electrons. The third-order valence-electron chi connectivity index (χ3n) is 5.99. The number of nitrogens with two attached hydrogens (primary N) is 1. The van der Waals surface area contributed by atoms with Crippen molar-refractivity contribution in [3.8, 4) is 0 Å². The van der Waals surface area contributed by atoms with Crippen LogP contribution >= 0.6 is 0 Å². The molecule has 214 valence electrons. The van der Waals surface area contributed by atoms with E-state index in [1.165, 1.54) is 0 Å². The number of carboxylic acids is 1. The third kappa shape index (κ3) is 10.4. The van der Waals surface area contributed by atoms with Crippen LogP contribution in [-0.2, 0) is 30.4 Å². The van der Waals surface area contributed by atoms with Crippen molar-refractivity contribution in [3.05, 3.63) is 36.0 Å². The number of aromatic nitrogens is 1. The fourth-order valence-electron chi connectivity index (χ4n) is 4.15. The van der Waals surface area contributed by atoms with Crippen LogP contribution in [0.1, 0.15) is 46.1 Å². The summed E-state index contributed by atoms with van der Waals surface area (Å²) in [6.45, 7) is 6.66. The second-order valence-corrected chi connectivity index (χ2v) is 10.4. The Kier molecular flexibility index (Phi) is 11.9. The van der Waals surface area contributed by atoms with E-state index in [1.54, 1.807) is 6.20 Å². The van der Waals surface area contributed by atoms with E-state index < -0.39 is 54.3 Å². The van der Waals surface area contributed by atoms with Crippen molar-refractivity contribution in [2.75, 3.05) is 13.1 Å². The van der Waals surface area contributed by atoms with Gasteiger partial charge in [-0.1, -0.05) is 45.9 Å². The fraction of sp³-hybridized carbons (Fsp3) is 0.519. The molecule has 2 aromatic rings. The van der Waals surface area contributed by atoms with E-state index in [1.807, 2.05) is 52.0 Å². The van der Waals surface area contributed by atoms with Crippen LogP contribution in [0.3, 0.4) is 0 Å². The van der Waals surface area contributed by atoms with Crippen molar-refractivity contribution in [1.82, 2.24) is 26.3 Å². The van der Waals surface area contributed by atoms with Gasteiger partial charge in [-0.05, 0) is 36.3 Å². The number of H-pyrrole nitrogens is 1. The van der Waals surface area contributed by atoms with Gasteiger partial charge in [0.25, 0.3) is 0 Å². The molecule has 0 aliphatic heterocycles. The first-order valence-electron chi connectivity index (χ1n) is 13.0. The number of fused-ring (bicyclic) bond motifs is 1. The molecule has 3 atom stereocenters. The number of aromatic amines is 1. The van der Waals surface area contributed by atoms with Gasteiger partial charge in [-0.25, -0.2) is 0 Å². The average molecular weight is 545 g/mol. The zero-order valence-corrected chi connectivity index (χ0v) is 22.9. The van der Waals surface area contributed by atoms with Gasteiger partial charge in [-0.2, -0.15) is 0 Å². The van der Waals surface area contributed by atoms with E-state index in [4.69, 9.17) is 10.8 Å². The second-order valence-electron chi connectivity index (χ2n) is 10.4. The van der Waals surface area contributed by atoms with Crippen molar-refractivity contribution in [2.24, 2.45) is 17.6 Å². The third-order valence-corrected chi connectivity index (χ3v) is 5.99. The number of benzene rings is 1. The van der Waals surface area contributed by atoms with Gasteiger partial charge in [0.2, 0.25) is 23.6 Å². The first-order valence-corrected chi connectivity index (χ1v) is 13.0. The first kappa shape index (κ1) is 31.3. The standard InChI is InChI=1S/C27H40N6O6/c1-15(2)9-19(28)25(37)30-13-23(34)32-21(10-16(3)4)27(39)33-22(26(38)31-14-24(35)36)11-17-12-29-20-8-6-5-7-18(17)20/h5-8,12,15-16,19,21-22,29H,9-11,13-14,28H2,1-4H3,(H,30,37)(H,31,38)(H,32,34)(H,33,39)(H,35,36). The number of hydrogen-bond acceptors (Lipinski definition) is 6. The van der Waals surface area contributed by atoms with Crippen molar-refractivity contribution in [2.45, 2.75) is 65.1 Å². The first-order chi connectivity index (χ1) is 18.4. The van der Waals surface area contributed by atoms with Crippen molar-refractivity contribution < 1.29 is 29.1 Å². The number of carbonyl (C=O) groups is 5. The normalized spacial score (nSPS) is 13.5. The molecule has 1 aromatic heterocycles. The molecule has 0 spiro atoms. The Morgan fingerprint density at radius 2 is 1.49 bits per heavy atom. The van der Waals surface area contributed by atoms with Gasteiger partial charge in [0, 0.05) is 23.5 Å². The molecule has 3 unspecified atom stereocenters. The van der Waals surface area contributed by atoms with Gasteiger partial charge in [-0.15, -0.1) is 0 Å². The SMILES string of the molecule is CC(C)CC(N)C(=O)NCC(=O)NC(CC(C)C)C(=O)NC(Cc1c[nH]c2ccccc12)C(=O)NCC(=O)O. The molecular formula is C27H40N6O6. The zero-order valence-electron chi connectivity index (χ0n) is 22.9. The van der Waals surface area contributed by atoms with Gasteiger partial charge in [0.15, 0.2) is 0 Å². The smallest absolute Gasteiger partial charge is 0.322 e. The highest BCUT2D eigenvalue weighted by Gasteiger charge is 2.28. The molecule has 4 amide bonds. The molecule has 0 saturated heterocycles. The summed E-state index contributed by atoms with van der Waals surface area (Å²) >= 11 is 0. The predicted octanol–water partition coefficient (Wildman–Crippen LogP) is 0.417. The van der Waals surface area contributed by atoms with Crippen molar-refractivity contribution >= 4 is 40.5 Å². The lowest BCUT2D eigenvalue weighted by Crippen LogP contribution is -2.56. The Hall–Kier alpha value is -3.93. The van der Waals surface area contributed by atoms with Crippen LogP contribution in [0.2, 0.25) is 0 Å². The Morgan fingerprint density at radius 1 is 0.846 bits per heavy atom. The second kappa shape index (κ2) is 14.9. The molecule has 12 heteroatoms. The summed E-state index contributed by atoms with van der Waals surface area (Å²) < 4.78 is 0. The lowest BCUT2D eigenvalue weighted by atomic mass is 10.0. The molecule has 0 fully saturated rings. The van der Waals surface area contributed by atoms with E-state index in [0.29, 0.717) is 6.42 Å². The quantitative estimate of drug-likeness (QED) is 0.169. The van der Waals surface area contributed by atoms with E-state index in [0.717, 1.165) is 16.5 Å². The molecule has 39 heavy (non-hydrogen) atoms. The molecule has 2 rings (SSSR count). The van der Waals surface area contributed by atoms with Crippen LogP contribution in [0.15, 0.2) is 30.5 Å². The zero-order chi connectivity index (χ0) is 29.1. The van der Waals surface area contributed by atoms with Crippen LogP contribution in [-0.4, -0.2) is 70.9 Å². The maximum absolute atomic E-state index is 13.3. The molecule has 0 bridgehead atoms. The summed E-state index contributed by atoms with van der Waals surface area (Å²) in [7, 11) is 0. The summed E-state index contributed by atoms with van der Waals surface area (Å²) in [6, 6.07) is 4.62. The van der Waals surface area contributed by atoms with Gasteiger partial charge < -0.3 is 37.1 Å². The Labute approximate surface area is 227 Å². The number of carboxylic acid groups (broad SMARTS) is 1. The summed E-state index contributed by atoms with van der Waals surface area (Å²) in [5.74, 6) is -3.30. The summed E-state index contributed by atoms with van der Waals surface area (Å²) in [5, 5.41) is 20.0. The van der Waals surface area contributed by atoms with Crippen molar-refractivity contribution in [1.29, 1.82) is 0 Å². The molecule has 1 heterocycles. The molecule has 8 N–H and O–H groups in total. The van der Waals surface area contributed by atoms with E-state index in [-0.39, 0.29) is 31.2 Å². The molecule has 0 aliphatic carbocycles. The van der Waals surface area contributed by atoms with E-state index >= 15 is 0 Å². The highest BCUT2D eigenvalue weighted by atomic mass is 16.4. The van der Waals surface area contributed by atoms with Crippen LogP contribution in [0, 0.1) is 11.8 Å². The van der Waals surface area contributed by atoms with Gasteiger partial charge in [0.1, 0.15) is 18.6 Å². The average Bonchev–Trinajstić information content (AvgIpc) is 3.27. The highest BCUT2D eigenvalue weighted by Crippen LogP contribution is 2.19. The largest absolute Gasteiger partial charge is 0.480 e. The predicted molar refractivity (Wildman–Crippen MR) is 146 cm³/mol. The number of rotatable bonds is 15. The fourth-order valence-corrected chi connectivity index (χ4v) is 4.15. The maximum Gasteiger partial charge on any atom is 0.322 e. The summed E-state index contributed by atoms with van der Waals surface area (Å²) in [6.07, 6.45) is 2.56. The maximum atomic E-state index is 13.3. The molecule has 12 nitrogen and oxygen atoms in total. The van der Waals surface area contributed by atoms with Crippen molar-refractivity contribution in [3.63, 3.8) is 0 Å². The van der Waals surface area contributed by atoms with Gasteiger partial charge >= 0.3 is 5.97 Å². The van der Waals surface area contributed by atoms with Crippen LogP contribution < -0.4 is 27.0 Å². The molecule has 1 aromatic carbocycles. The van der Waals surface area contributed by atoms with Crippen LogP contribution in [0.5, 0.6) is 0 Å². The lowest BCUT2D eigenvalue weighted by Gasteiger charge is -2.24. The lowest BCUT2D eigenvalue weighted by molar-refractivity contribution is -0.138. The Morgan fingerprint density at radius 3 is 2.13 bits per heavy atom. The molecule has 0 aliphatic rings. The number of aliphatic carboxylic acids is 1. The Bertz CT molecular complexity index is 1160. The minimum atomic E-state index is -1.22. The number of para-hydroxylation sites is 1. The minimum absolute atomic E-state index is 0.0167. The van der Waals surface area contributed by atoms with E-state index in [9.17, 15) is 24.0 Å².